The molecule has 0 aliphatic carbocycles. The average molecular weight is 441 g/mol. The molecule has 0 spiro atoms. The zero-order valence-corrected chi connectivity index (χ0v) is 18.3. The van der Waals surface area contributed by atoms with E-state index in [2.05, 4.69) is 11.6 Å². The molecule has 2 aromatic heterocycles. The van der Waals surface area contributed by atoms with E-state index in [1.165, 1.54) is 6.08 Å². The number of nitrogens with zero attached hydrogens (tertiary/aromatic N) is 4. The molecule has 1 atom stereocenters. The van der Waals surface area contributed by atoms with Crippen molar-refractivity contribution < 1.29 is 9.53 Å². The monoisotopic (exact) mass is 440 g/mol. The van der Waals surface area contributed by atoms with Gasteiger partial charge in [-0.05, 0) is 54.0 Å². The quantitative estimate of drug-likeness (QED) is 0.443. The standard InChI is InChI=1S/C26H24N4O3/c1-3-25(31)28-14-12-21(17-28)30-23-11-13-27-16-24(23)29(26(30)32)20-9-7-18(8-10-20)19-5-4-6-22(15-19)33-2/h3-11,13,15-16,21H,1,12,14,17H2,2H3. The Bertz CT molecular complexity index is 1400. The molecule has 3 heterocycles. The smallest absolute Gasteiger partial charge is 0.334 e. The molecular weight excluding hydrogens is 416 g/mol. The Kier molecular flexibility index (Phi) is 5.30. The van der Waals surface area contributed by atoms with E-state index in [0.29, 0.717) is 13.1 Å². The van der Waals surface area contributed by atoms with Gasteiger partial charge in [-0.1, -0.05) is 30.8 Å². The molecule has 1 fully saturated rings. The van der Waals surface area contributed by atoms with E-state index < -0.39 is 0 Å². The first kappa shape index (κ1) is 20.8. The first-order chi connectivity index (χ1) is 16.1. The number of carbonyl (C=O) groups is 1. The van der Waals surface area contributed by atoms with Gasteiger partial charge in [0, 0.05) is 19.3 Å². The molecule has 7 nitrogen and oxygen atoms in total. The minimum Gasteiger partial charge on any atom is -0.497 e. The molecule has 0 bridgehead atoms. The molecule has 0 saturated carbocycles. The molecule has 0 N–H and O–H groups in total. The minimum absolute atomic E-state index is 0.0939. The zero-order valence-electron chi connectivity index (χ0n) is 18.3. The lowest BCUT2D eigenvalue weighted by atomic mass is 10.1. The van der Waals surface area contributed by atoms with Crippen molar-refractivity contribution in [3.8, 4) is 22.6 Å². The third kappa shape index (κ3) is 3.61. The molecule has 33 heavy (non-hydrogen) atoms. The molecule has 1 amide bonds. The second-order valence-electron chi connectivity index (χ2n) is 8.06. The molecule has 7 heteroatoms. The van der Waals surface area contributed by atoms with Gasteiger partial charge < -0.3 is 9.64 Å². The first-order valence-electron chi connectivity index (χ1n) is 10.8. The van der Waals surface area contributed by atoms with Crippen molar-refractivity contribution in [2.45, 2.75) is 12.5 Å². The van der Waals surface area contributed by atoms with Crippen molar-refractivity contribution in [2.24, 2.45) is 0 Å². The topological polar surface area (TPSA) is 69.4 Å². The van der Waals surface area contributed by atoms with Gasteiger partial charge >= 0.3 is 5.69 Å². The molecular formula is C26H24N4O3. The van der Waals surface area contributed by atoms with E-state index in [9.17, 15) is 9.59 Å². The summed E-state index contributed by atoms with van der Waals surface area (Å²) in [5, 5.41) is 0. The Morgan fingerprint density at radius 1 is 1.12 bits per heavy atom. The van der Waals surface area contributed by atoms with Crippen LogP contribution < -0.4 is 10.4 Å². The summed E-state index contributed by atoms with van der Waals surface area (Å²) >= 11 is 0. The number of rotatable bonds is 5. The van der Waals surface area contributed by atoms with Crippen LogP contribution in [0.4, 0.5) is 0 Å². The number of fused-ring (bicyclic) bond motifs is 1. The lowest BCUT2D eigenvalue weighted by molar-refractivity contribution is -0.125. The van der Waals surface area contributed by atoms with Crippen LogP contribution in [0.25, 0.3) is 27.8 Å². The fraction of sp³-hybridized carbons (Fsp3) is 0.192. The van der Waals surface area contributed by atoms with Crippen LogP contribution in [-0.2, 0) is 4.79 Å². The predicted octanol–water partition coefficient (Wildman–Crippen LogP) is 3.82. The number of methoxy groups -OCH3 is 1. The number of imidazole rings is 1. The van der Waals surface area contributed by atoms with Crippen LogP contribution in [0.1, 0.15) is 12.5 Å². The molecule has 2 aromatic carbocycles. The zero-order chi connectivity index (χ0) is 22.9. The summed E-state index contributed by atoms with van der Waals surface area (Å²) in [6.45, 7) is 4.67. The molecule has 4 aromatic rings. The number of hydrogen-bond donors (Lipinski definition) is 0. The van der Waals surface area contributed by atoms with Gasteiger partial charge in [-0.2, -0.15) is 0 Å². The van der Waals surface area contributed by atoms with Crippen LogP contribution in [0.3, 0.4) is 0 Å². The van der Waals surface area contributed by atoms with Crippen LogP contribution >= 0.6 is 0 Å². The highest BCUT2D eigenvalue weighted by Gasteiger charge is 2.29. The van der Waals surface area contributed by atoms with E-state index in [1.54, 1.807) is 33.5 Å². The maximum Gasteiger partial charge on any atom is 0.334 e. The summed E-state index contributed by atoms with van der Waals surface area (Å²) in [6, 6.07) is 17.5. The molecule has 166 valence electrons. The van der Waals surface area contributed by atoms with E-state index in [4.69, 9.17) is 4.74 Å². The fourth-order valence-electron chi connectivity index (χ4n) is 4.56. The molecule has 5 rings (SSSR count). The fourth-order valence-corrected chi connectivity index (χ4v) is 4.56. The number of amides is 1. The molecule has 1 aliphatic heterocycles. The number of ether oxygens (including phenoxy) is 1. The van der Waals surface area contributed by atoms with Crippen LogP contribution in [0.15, 0.2) is 84.4 Å². The van der Waals surface area contributed by atoms with E-state index >= 15 is 0 Å². The molecule has 1 saturated heterocycles. The first-order valence-corrected chi connectivity index (χ1v) is 10.8. The van der Waals surface area contributed by atoms with Crippen LogP contribution in [-0.4, -0.2) is 45.1 Å². The summed E-state index contributed by atoms with van der Waals surface area (Å²) in [5.41, 5.74) is 4.25. The van der Waals surface area contributed by atoms with Crippen molar-refractivity contribution >= 4 is 16.9 Å². The summed E-state index contributed by atoms with van der Waals surface area (Å²) in [6.07, 6.45) is 5.44. The van der Waals surface area contributed by atoms with Gasteiger partial charge in [-0.25, -0.2) is 4.79 Å². The lowest BCUT2D eigenvalue weighted by Gasteiger charge is -2.15. The number of carbonyl (C=O) groups excluding carboxylic acids is 1. The van der Waals surface area contributed by atoms with Gasteiger partial charge in [0.2, 0.25) is 5.91 Å². The van der Waals surface area contributed by atoms with Crippen molar-refractivity contribution in [3.63, 3.8) is 0 Å². The number of benzene rings is 2. The van der Waals surface area contributed by atoms with Crippen molar-refractivity contribution in [2.75, 3.05) is 20.2 Å². The van der Waals surface area contributed by atoms with E-state index in [-0.39, 0.29) is 17.6 Å². The number of aromatic nitrogens is 3. The minimum atomic E-state index is -0.134. The Morgan fingerprint density at radius 2 is 1.94 bits per heavy atom. The Balaban J connectivity index is 1.55. The van der Waals surface area contributed by atoms with Gasteiger partial charge in [0.25, 0.3) is 0 Å². The normalized spacial score (nSPS) is 15.7. The Labute approximate surface area is 191 Å². The van der Waals surface area contributed by atoms with E-state index in [1.807, 2.05) is 54.6 Å². The highest BCUT2D eigenvalue weighted by molar-refractivity contribution is 5.87. The SMILES string of the molecule is C=CC(=O)N1CCC(n2c(=O)n(-c3ccc(-c4cccc(OC)c4)cc3)c3cnccc32)C1. The predicted molar refractivity (Wildman–Crippen MR) is 128 cm³/mol. The van der Waals surface area contributed by atoms with Crippen molar-refractivity contribution in [1.82, 2.24) is 19.0 Å². The van der Waals surface area contributed by atoms with Crippen molar-refractivity contribution in [1.29, 1.82) is 0 Å². The second-order valence-corrected chi connectivity index (χ2v) is 8.06. The lowest BCUT2D eigenvalue weighted by Crippen LogP contribution is -2.31. The third-order valence-electron chi connectivity index (χ3n) is 6.22. The highest BCUT2D eigenvalue weighted by atomic mass is 16.5. The van der Waals surface area contributed by atoms with Gasteiger partial charge in [0.05, 0.1) is 36.1 Å². The third-order valence-corrected chi connectivity index (χ3v) is 6.22. The largest absolute Gasteiger partial charge is 0.497 e. The number of likely N-dealkylation sites (tertiary alicyclic amines) is 1. The maximum atomic E-state index is 13.6. The van der Waals surface area contributed by atoms with E-state index in [0.717, 1.165) is 40.0 Å². The van der Waals surface area contributed by atoms with Gasteiger partial charge in [-0.15, -0.1) is 0 Å². The molecule has 0 radical (unpaired) electrons. The Morgan fingerprint density at radius 3 is 2.70 bits per heavy atom. The summed E-state index contributed by atoms with van der Waals surface area (Å²) < 4.78 is 8.81. The summed E-state index contributed by atoms with van der Waals surface area (Å²) in [4.78, 5) is 31.7. The van der Waals surface area contributed by atoms with Crippen molar-refractivity contribution in [3.05, 3.63) is 90.1 Å². The maximum absolute atomic E-state index is 13.6. The Hall–Kier alpha value is -4.13. The number of pyridine rings is 1. The molecule has 1 unspecified atom stereocenters. The summed E-state index contributed by atoms with van der Waals surface area (Å²) in [5.74, 6) is 0.687. The van der Waals surface area contributed by atoms with Gasteiger partial charge in [0.1, 0.15) is 5.75 Å². The van der Waals surface area contributed by atoms with Crippen LogP contribution in [0.2, 0.25) is 0 Å². The van der Waals surface area contributed by atoms with Crippen LogP contribution in [0.5, 0.6) is 5.75 Å². The number of hydrogen-bond acceptors (Lipinski definition) is 4. The molecule has 1 aliphatic rings. The average Bonchev–Trinajstić information content (AvgIpc) is 3.45. The van der Waals surface area contributed by atoms with Gasteiger partial charge in [0.15, 0.2) is 0 Å². The second kappa shape index (κ2) is 8.43. The summed E-state index contributed by atoms with van der Waals surface area (Å²) in [7, 11) is 1.65. The highest BCUT2D eigenvalue weighted by Crippen LogP contribution is 2.28. The van der Waals surface area contributed by atoms with Crippen LogP contribution in [0, 0.1) is 0 Å². The van der Waals surface area contributed by atoms with Gasteiger partial charge in [-0.3, -0.25) is 18.9 Å².